The van der Waals surface area contributed by atoms with Crippen molar-refractivity contribution in [3.05, 3.63) is 53.2 Å². The molecule has 146 valence electrons. The number of fused-ring (bicyclic) bond motifs is 1. The summed E-state index contributed by atoms with van der Waals surface area (Å²) in [6.07, 6.45) is 3.32. The van der Waals surface area contributed by atoms with E-state index >= 15 is 0 Å². The molecule has 0 radical (unpaired) electrons. The Bertz CT molecular complexity index is 858. The van der Waals surface area contributed by atoms with Crippen molar-refractivity contribution in [1.29, 1.82) is 0 Å². The van der Waals surface area contributed by atoms with Crippen molar-refractivity contribution in [2.75, 3.05) is 42.9 Å². The summed E-state index contributed by atoms with van der Waals surface area (Å²) in [7, 11) is 0. The fourth-order valence-corrected chi connectivity index (χ4v) is 4.09. The number of anilines is 2. The van der Waals surface area contributed by atoms with Gasteiger partial charge in [-0.25, -0.2) is 9.78 Å². The van der Waals surface area contributed by atoms with Crippen LogP contribution in [0.15, 0.2) is 36.4 Å². The predicted molar refractivity (Wildman–Crippen MR) is 109 cm³/mol. The monoisotopic (exact) mass is 378 g/mol. The summed E-state index contributed by atoms with van der Waals surface area (Å²) in [5, 5.41) is 3.44. The summed E-state index contributed by atoms with van der Waals surface area (Å²) in [6, 6.07) is 12.1. The van der Waals surface area contributed by atoms with Crippen LogP contribution in [0.5, 0.6) is 0 Å². The molecule has 2 aliphatic heterocycles. The normalized spacial score (nSPS) is 18.6. The van der Waals surface area contributed by atoms with Crippen LogP contribution in [0.1, 0.15) is 35.6 Å². The van der Waals surface area contributed by atoms with Crippen LogP contribution in [-0.4, -0.2) is 48.7 Å². The lowest BCUT2D eigenvalue weighted by molar-refractivity contribution is 0.0942. The molecule has 1 aromatic heterocycles. The number of aromatic nitrogens is 1. The van der Waals surface area contributed by atoms with E-state index in [1.165, 1.54) is 29.8 Å². The van der Waals surface area contributed by atoms with Crippen LogP contribution in [0.25, 0.3) is 0 Å². The van der Waals surface area contributed by atoms with Crippen molar-refractivity contribution in [3.63, 3.8) is 0 Å². The van der Waals surface area contributed by atoms with E-state index in [9.17, 15) is 4.79 Å². The summed E-state index contributed by atoms with van der Waals surface area (Å²) in [6.45, 7) is 4.35. The zero-order chi connectivity index (χ0) is 18.9. The summed E-state index contributed by atoms with van der Waals surface area (Å²) < 4.78 is 5.49. The summed E-state index contributed by atoms with van der Waals surface area (Å²) in [5.41, 5.74) is 4.90. The van der Waals surface area contributed by atoms with Crippen LogP contribution in [0, 0.1) is 0 Å². The van der Waals surface area contributed by atoms with Crippen LogP contribution < -0.4 is 10.2 Å². The van der Waals surface area contributed by atoms with Gasteiger partial charge >= 0.3 is 6.09 Å². The number of ether oxygens (including phenoxy) is 1. The Balaban J connectivity index is 1.22. The molecule has 2 fully saturated rings. The third kappa shape index (κ3) is 3.51. The molecule has 3 heterocycles. The highest BCUT2D eigenvalue weighted by atomic mass is 16.6. The van der Waals surface area contributed by atoms with E-state index in [2.05, 4.69) is 16.3 Å². The summed E-state index contributed by atoms with van der Waals surface area (Å²) >= 11 is 0. The lowest BCUT2D eigenvalue weighted by atomic mass is 10.1. The van der Waals surface area contributed by atoms with Gasteiger partial charge < -0.3 is 19.9 Å². The largest absolute Gasteiger partial charge is 0.445 e. The van der Waals surface area contributed by atoms with Crippen molar-refractivity contribution in [3.8, 4) is 0 Å². The van der Waals surface area contributed by atoms with E-state index in [0.717, 1.165) is 37.4 Å². The third-order valence-electron chi connectivity index (χ3n) is 5.87. The number of hydrogen-bond acceptors (Lipinski definition) is 5. The Hall–Kier alpha value is -2.76. The van der Waals surface area contributed by atoms with E-state index in [1.807, 2.05) is 35.2 Å². The minimum atomic E-state index is -0.219. The second-order valence-corrected chi connectivity index (χ2v) is 7.86. The van der Waals surface area contributed by atoms with E-state index < -0.39 is 0 Å². The molecule has 1 saturated carbocycles. The van der Waals surface area contributed by atoms with Gasteiger partial charge in [0.1, 0.15) is 12.4 Å². The van der Waals surface area contributed by atoms with Gasteiger partial charge in [-0.15, -0.1) is 0 Å². The molecule has 1 saturated heterocycles. The molecule has 0 bridgehead atoms. The molecule has 6 heteroatoms. The maximum atomic E-state index is 12.4. The van der Waals surface area contributed by atoms with Crippen LogP contribution in [0.3, 0.4) is 0 Å². The van der Waals surface area contributed by atoms with Crippen LogP contribution in [0.2, 0.25) is 0 Å². The van der Waals surface area contributed by atoms with Gasteiger partial charge in [-0.05, 0) is 30.9 Å². The van der Waals surface area contributed by atoms with Crippen LogP contribution >= 0.6 is 0 Å². The summed E-state index contributed by atoms with van der Waals surface area (Å²) in [5.74, 6) is 1.71. The number of nitrogens with zero attached hydrogens (tertiary/aromatic N) is 3. The van der Waals surface area contributed by atoms with E-state index in [4.69, 9.17) is 9.72 Å². The predicted octanol–water partition coefficient (Wildman–Crippen LogP) is 3.39. The van der Waals surface area contributed by atoms with E-state index in [-0.39, 0.29) is 6.09 Å². The SMILES string of the molecule is O=C(OCc1ccccc1)N1CCN(c2cc(C3CC3)nc3c2CCN3)CC1. The number of nitrogens with one attached hydrogen (secondary N) is 1. The highest BCUT2D eigenvalue weighted by Crippen LogP contribution is 2.43. The van der Waals surface area contributed by atoms with Crippen LogP contribution in [0.4, 0.5) is 16.3 Å². The molecule has 0 atom stereocenters. The molecule has 6 nitrogen and oxygen atoms in total. The first-order valence-electron chi connectivity index (χ1n) is 10.3. The quantitative estimate of drug-likeness (QED) is 0.884. The second kappa shape index (κ2) is 7.34. The lowest BCUT2D eigenvalue weighted by Crippen LogP contribution is -2.49. The number of benzene rings is 1. The van der Waals surface area contributed by atoms with Crippen molar-refractivity contribution in [2.45, 2.75) is 31.8 Å². The van der Waals surface area contributed by atoms with Gasteiger partial charge in [0.2, 0.25) is 0 Å². The maximum Gasteiger partial charge on any atom is 0.410 e. The standard InChI is InChI=1S/C22H26N4O2/c27-22(28-15-16-4-2-1-3-5-16)26-12-10-25(11-13-26)20-14-19(17-6-7-17)24-21-18(20)8-9-23-21/h1-5,14,17H,6-13,15H2,(H,23,24). The third-order valence-corrected chi connectivity index (χ3v) is 5.87. The van der Waals surface area contributed by atoms with Crippen molar-refractivity contribution in [2.24, 2.45) is 0 Å². The van der Waals surface area contributed by atoms with Gasteiger partial charge in [-0.2, -0.15) is 0 Å². The molecule has 2 aromatic rings. The number of pyridine rings is 1. The van der Waals surface area contributed by atoms with Gasteiger partial charge in [-0.1, -0.05) is 30.3 Å². The molecular weight excluding hydrogens is 352 g/mol. The topological polar surface area (TPSA) is 57.7 Å². The molecule has 1 aliphatic carbocycles. The Morgan fingerprint density at radius 1 is 1.14 bits per heavy atom. The molecule has 1 N–H and O–H groups in total. The number of carbonyl (C=O) groups is 1. The van der Waals surface area contributed by atoms with Gasteiger partial charge in [-0.3, -0.25) is 0 Å². The Morgan fingerprint density at radius 2 is 1.93 bits per heavy atom. The Labute approximate surface area is 165 Å². The smallest absolute Gasteiger partial charge is 0.410 e. The molecule has 5 rings (SSSR count). The zero-order valence-corrected chi connectivity index (χ0v) is 16.1. The van der Waals surface area contributed by atoms with Gasteiger partial charge in [0.05, 0.1) is 0 Å². The minimum absolute atomic E-state index is 0.219. The number of piperazine rings is 1. The van der Waals surface area contributed by atoms with Crippen molar-refractivity contribution >= 4 is 17.6 Å². The maximum absolute atomic E-state index is 12.4. The molecule has 1 aromatic carbocycles. The number of hydrogen-bond donors (Lipinski definition) is 1. The highest BCUT2D eigenvalue weighted by Gasteiger charge is 2.31. The number of rotatable bonds is 4. The van der Waals surface area contributed by atoms with Crippen molar-refractivity contribution in [1.82, 2.24) is 9.88 Å². The fraction of sp³-hybridized carbons (Fsp3) is 0.455. The minimum Gasteiger partial charge on any atom is -0.445 e. The number of amides is 1. The molecule has 1 amide bonds. The Morgan fingerprint density at radius 3 is 2.68 bits per heavy atom. The van der Waals surface area contributed by atoms with Gasteiger partial charge in [0.25, 0.3) is 0 Å². The van der Waals surface area contributed by atoms with Crippen molar-refractivity contribution < 1.29 is 9.53 Å². The zero-order valence-electron chi connectivity index (χ0n) is 16.1. The Kier molecular flexibility index (Phi) is 4.55. The van der Waals surface area contributed by atoms with Crippen LogP contribution in [-0.2, 0) is 17.8 Å². The molecule has 0 unspecified atom stereocenters. The molecule has 3 aliphatic rings. The lowest BCUT2D eigenvalue weighted by Gasteiger charge is -2.36. The van der Waals surface area contributed by atoms with Gasteiger partial charge in [0.15, 0.2) is 0 Å². The molecular formula is C22H26N4O2. The number of carbonyl (C=O) groups excluding carboxylic acids is 1. The first kappa shape index (κ1) is 17.3. The van der Waals surface area contributed by atoms with E-state index in [1.54, 1.807) is 0 Å². The second-order valence-electron chi connectivity index (χ2n) is 7.86. The molecule has 0 spiro atoms. The van der Waals surface area contributed by atoms with Gasteiger partial charge in [0, 0.05) is 55.6 Å². The summed E-state index contributed by atoms with van der Waals surface area (Å²) in [4.78, 5) is 21.5. The average Bonchev–Trinajstić information content (AvgIpc) is 3.49. The fourth-order valence-electron chi connectivity index (χ4n) is 4.09. The van der Waals surface area contributed by atoms with E-state index in [0.29, 0.717) is 25.6 Å². The first-order valence-corrected chi connectivity index (χ1v) is 10.3. The molecule has 28 heavy (non-hydrogen) atoms. The average molecular weight is 378 g/mol. The highest BCUT2D eigenvalue weighted by molar-refractivity contribution is 5.70. The first-order chi connectivity index (χ1) is 13.8.